The molecule has 0 aliphatic carbocycles. The minimum absolute atomic E-state index is 0. The van der Waals surface area contributed by atoms with Crippen LogP contribution in [-0.4, -0.2) is 31.8 Å². The summed E-state index contributed by atoms with van der Waals surface area (Å²) in [6.07, 6.45) is 0. The van der Waals surface area contributed by atoms with Crippen molar-refractivity contribution in [3.8, 4) is 0 Å². The van der Waals surface area contributed by atoms with Gasteiger partial charge in [-0.3, -0.25) is 8.80 Å². The number of hydrogen-bond acceptors (Lipinski definition) is 0. The minimum Gasteiger partial charge on any atom is -0.346 e. The first-order valence-electron chi connectivity index (χ1n) is 2.21. The van der Waals surface area contributed by atoms with E-state index in [0.717, 1.165) is 0 Å². The molecule has 0 radical (unpaired) electrons. The van der Waals surface area contributed by atoms with Gasteiger partial charge in [0.05, 0.1) is 0 Å². The van der Waals surface area contributed by atoms with Gasteiger partial charge in [0.15, 0.2) is 0 Å². The van der Waals surface area contributed by atoms with E-state index in [0.29, 0.717) is 0 Å². The summed E-state index contributed by atoms with van der Waals surface area (Å²) in [5, 5.41) is 0. The Balaban J connectivity index is -0.0000000480. The maximum atomic E-state index is 3.25. The zero-order chi connectivity index (χ0) is 5.58. The topological polar surface area (TPSA) is 0 Å². The molecule has 0 fully saturated rings. The normalized spacial score (nSPS) is 6.00. The van der Waals surface area contributed by atoms with E-state index in [9.17, 15) is 0 Å². The number of hydrogen-bond donors (Lipinski definition) is 0. The summed E-state index contributed by atoms with van der Waals surface area (Å²) < 4.78 is 0. The van der Waals surface area contributed by atoms with Gasteiger partial charge >= 0.3 is 23.1 Å². The molecule has 7 heavy (non-hydrogen) atoms. The van der Waals surface area contributed by atoms with E-state index >= 15 is 0 Å². The minimum atomic E-state index is 0. The molecule has 0 saturated heterocycles. The van der Waals surface area contributed by atoms with Crippen molar-refractivity contribution in [2.45, 2.75) is 26.6 Å². The van der Waals surface area contributed by atoms with Crippen LogP contribution in [0.25, 0.3) is 0 Å². The molecule has 0 unspecified atom stereocenters. The Morgan fingerprint density at radius 1 is 1.00 bits per heavy atom. The molecule has 0 aromatic heterocycles. The van der Waals surface area contributed by atoms with Gasteiger partial charge in [-0.25, -0.2) is 0 Å². The van der Waals surface area contributed by atoms with Crippen LogP contribution in [0.5, 0.6) is 0 Å². The zero-order valence-corrected chi connectivity index (χ0v) is 8.33. The Kier molecular flexibility index (Phi) is 35.3. The third-order valence-electron chi connectivity index (χ3n) is 0. The van der Waals surface area contributed by atoms with Crippen LogP contribution in [0.1, 0.15) is 6.92 Å². The summed E-state index contributed by atoms with van der Waals surface area (Å²) in [4.78, 5) is 0. The van der Waals surface area contributed by atoms with Crippen molar-refractivity contribution in [3.63, 3.8) is 0 Å². The van der Waals surface area contributed by atoms with Gasteiger partial charge < -0.3 is 6.92 Å². The van der Waals surface area contributed by atoms with E-state index in [1.807, 2.05) is 0 Å². The molecular formula is C5H14MgSi. The molecule has 0 saturated carbocycles. The molecule has 40 valence electrons. The van der Waals surface area contributed by atoms with Crippen molar-refractivity contribution in [1.29, 1.82) is 0 Å². The molecule has 0 bridgehead atoms. The molecule has 0 aromatic rings. The molecule has 0 amide bonds. The van der Waals surface area contributed by atoms with Crippen molar-refractivity contribution in [2.24, 2.45) is 0 Å². The van der Waals surface area contributed by atoms with Crippen LogP contribution in [-0.2, 0) is 0 Å². The predicted octanol–water partition coefficient (Wildman–Crippen LogP) is 1.83. The largest absolute Gasteiger partial charge is 2.00 e. The van der Waals surface area contributed by atoms with Crippen molar-refractivity contribution in [3.05, 3.63) is 6.92 Å². The molecular weight excluding hydrogens is 112 g/mol. The third kappa shape index (κ3) is 179. The van der Waals surface area contributed by atoms with Crippen molar-refractivity contribution in [2.75, 3.05) is 0 Å². The predicted molar refractivity (Wildman–Crippen MR) is 40.1 cm³/mol. The zero-order valence-electron chi connectivity index (χ0n) is 5.91. The van der Waals surface area contributed by atoms with Gasteiger partial charge in [0, 0.05) is 0 Å². The maximum Gasteiger partial charge on any atom is 2.00 e. The second-order valence-electron chi connectivity index (χ2n) is 1.50. The van der Waals surface area contributed by atoms with E-state index in [1.54, 1.807) is 6.92 Å². The molecule has 0 atom stereocenters. The summed E-state index contributed by atoms with van der Waals surface area (Å²) in [6, 6.07) is 0. The van der Waals surface area contributed by atoms with Gasteiger partial charge in [0.2, 0.25) is 0 Å². The maximum absolute atomic E-state index is 3.25. The summed E-state index contributed by atoms with van der Waals surface area (Å²) in [5.74, 6) is 0. The Labute approximate surface area is 65.5 Å². The molecule has 0 aliphatic rings. The molecule has 0 aliphatic heterocycles. The monoisotopic (exact) mass is 126 g/mol. The fourth-order valence-electron chi connectivity index (χ4n) is 0. The molecule has 0 nitrogen and oxygen atoms in total. The van der Waals surface area contributed by atoms with Crippen molar-refractivity contribution < 1.29 is 0 Å². The molecule has 0 aromatic carbocycles. The molecule has 0 spiro atoms. The summed E-state index contributed by atoms with van der Waals surface area (Å²) in [5.41, 5.74) is 0. The van der Waals surface area contributed by atoms with Crippen LogP contribution in [0.4, 0.5) is 0 Å². The van der Waals surface area contributed by atoms with E-state index in [1.165, 1.54) is 0 Å². The van der Waals surface area contributed by atoms with E-state index in [2.05, 4.69) is 26.6 Å². The Bertz CT molecular complexity index is 12.8. The second kappa shape index (κ2) is 15.8. The average molecular weight is 127 g/mol. The SMILES string of the molecule is C[Si-](C)C.[CH2-]C.[Mg+2]. The average Bonchev–Trinajstić information content (AvgIpc) is 1.41. The first kappa shape index (κ1) is 15.7. The second-order valence-corrected chi connectivity index (χ2v) is 4.50. The van der Waals surface area contributed by atoms with Crippen LogP contribution in [0.15, 0.2) is 0 Å². The van der Waals surface area contributed by atoms with Crippen LogP contribution in [0.3, 0.4) is 0 Å². The quantitative estimate of drug-likeness (QED) is 0.343. The number of rotatable bonds is 0. The van der Waals surface area contributed by atoms with Gasteiger partial charge in [0.1, 0.15) is 0 Å². The van der Waals surface area contributed by atoms with Gasteiger partial charge in [-0.2, -0.15) is 26.6 Å². The Morgan fingerprint density at radius 2 is 1.00 bits per heavy atom. The Hall–Kier alpha value is 0.983. The molecule has 0 rings (SSSR count). The van der Waals surface area contributed by atoms with E-state index < -0.39 is 0 Å². The van der Waals surface area contributed by atoms with Crippen LogP contribution < -0.4 is 0 Å². The Morgan fingerprint density at radius 3 is 1.00 bits per heavy atom. The summed E-state index contributed by atoms with van der Waals surface area (Å²) in [7, 11) is 0.120. The molecule has 0 N–H and O–H groups in total. The fraction of sp³-hybridized carbons (Fsp3) is 0.800. The first-order chi connectivity index (χ1) is 2.73. The smallest absolute Gasteiger partial charge is 0.346 e. The summed E-state index contributed by atoms with van der Waals surface area (Å²) >= 11 is 0. The molecule has 0 heterocycles. The van der Waals surface area contributed by atoms with E-state index in [-0.39, 0.29) is 31.8 Å². The van der Waals surface area contributed by atoms with Gasteiger partial charge in [-0.1, -0.05) is 0 Å². The van der Waals surface area contributed by atoms with Crippen molar-refractivity contribution >= 4 is 31.8 Å². The van der Waals surface area contributed by atoms with Crippen LogP contribution >= 0.6 is 0 Å². The van der Waals surface area contributed by atoms with Gasteiger partial charge in [-0.05, 0) is 0 Å². The summed E-state index contributed by atoms with van der Waals surface area (Å²) in [6.45, 7) is 11.8. The fourth-order valence-corrected chi connectivity index (χ4v) is 0. The van der Waals surface area contributed by atoms with Gasteiger partial charge in [-0.15, -0.1) is 0 Å². The van der Waals surface area contributed by atoms with Crippen LogP contribution in [0, 0.1) is 6.92 Å². The molecule has 2 heteroatoms. The van der Waals surface area contributed by atoms with Crippen molar-refractivity contribution in [1.82, 2.24) is 0 Å². The van der Waals surface area contributed by atoms with Gasteiger partial charge in [0.25, 0.3) is 0 Å². The van der Waals surface area contributed by atoms with Crippen LogP contribution in [0.2, 0.25) is 19.6 Å². The standard InChI is InChI=1S/C3H9Si.C2H5.Mg/c1-4(2)3;1-2;/h1-3H3;1H2,2H3;/q2*-1;+2. The third-order valence-corrected chi connectivity index (χ3v) is 0. The first-order valence-corrected chi connectivity index (χ1v) is 5.21. The van der Waals surface area contributed by atoms with E-state index in [4.69, 9.17) is 0 Å².